The number of carbonyl (C=O) groups excluding carboxylic acids is 2. The van der Waals surface area contributed by atoms with Crippen molar-refractivity contribution in [1.82, 2.24) is 4.90 Å². The Bertz CT molecular complexity index is 809. The van der Waals surface area contributed by atoms with Crippen molar-refractivity contribution in [3.63, 3.8) is 0 Å². The van der Waals surface area contributed by atoms with Crippen molar-refractivity contribution in [2.24, 2.45) is 0 Å². The number of hydrogen-bond acceptors (Lipinski definition) is 4. The lowest BCUT2D eigenvalue weighted by molar-refractivity contribution is -0.145. The molecule has 0 aromatic heterocycles. The van der Waals surface area contributed by atoms with Gasteiger partial charge in [-0.15, -0.1) is 11.8 Å². The monoisotopic (exact) mass is 389 g/mol. The van der Waals surface area contributed by atoms with Gasteiger partial charge in [0.05, 0.1) is 7.11 Å². The van der Waals surface area contributed by atoms with E-state index in [9.17, 15) is 9.59 Å². The van der Waals surface area contributed by atoms with Gasteiger partial charge in [-0.2, -0.15) is 0 Å². The molecule has 2 atom stereocenters. The molecule has 26 heavy (non-hydrogen) atoms. The molecule has 0 N–H and O–H groups in total. The van der Waals surface area contributed by atoms with E-state index in [0.29, 0.717) is 16.3 Å². The van der Waals surface area contributed by atoms with Crippen molar-refractivity contribution >= 4 is 35.2 Å². The minimum Gasteiger partial charge on any atom is -0.467 e. The van der Waals surface area contributed by atoms with E-state index in [1.165, 1.54) is 7.11 Å². The zero-order valence-electron chi connectivity index (χ0n) is 14.6. The van der Waals surface area contributed by atoms with Crippen molar-refractivity contribution in [2.45, 2.75) is 24.8 Å². The fourth-order valence-corrected chi connectivity index (χ4v) is 4.62. The molecule has 136 valence electrons. The Balaban J connectivity index is 1.97. The Hall–Kier alpha value is -1.98. The number of benzene rings is 2. The fraction of sp³-hybridized carbons (Fsp3) is 0.300. The van der Waals surface area contributed by atoms with Crippen molar-refractivity contribution in [1.29, 1.82) is 0 Å². The number of carbonyl (C=O) groups is 2. The molecule has 0 spiro atoms. The number of amides is 1. The van der Waals surface area contributed by atoms with Crippen LogP contribution in [-0.4, -0.2) is 35.7 Å². The molecule has 0 radical (unpaired) electrons. The number of thioether (sulfide) groups is 1. The van der Waals surface area contributed by atoms with Crippen LogP contribution in [0.15, 0.2) is 48.5 Å². The number of halogens is 1. The van der Waals surface area contributed by atoms with Gasteiger partial charge in [0.2, 0.25) is 0 Å². The normalized spacial score (nSPS) is 19.4. The van der Waals surface area contributed by atoms with Gasteiger partial charge in [-0.05, 0) is 41.8 Å². The van der Waals surface area contributed by atoms with E-state index in [1.54, 1.807) is 22.7 Å². The highest BCUT2D eigenvalue weighted by atomic mass is 35.5. The van der Waals surface area contributed by atoms with Gasteiger partial charge < -0.3 is 9.64 Å². The molecule has 2 aromatic carbocycles. The van der Waals surface area contributed by atoms with Gasteiger partial charge in [-0.1, -0.05) is 42.8 Å². The highest BCUT2D eigenvalue weighted by Gasteiger charge is 2.43. The standard InChI is InChI=1S/C20H20ClNO3S/c1-3-13-7-9-14(10-8-13)18(23)22-17(20(24)25-2)12-26-19(22)15-5-4-6-16(21)11-15/h4-11,17,19H,3,12H2,1-2H3. The zero-order chi connectivity index (χ0) is 18.7. The van der Waals surface area contributed by atoms with Crippen LogP contribution in [0.2, 0.25) is 5.02 Å². The Morgan fingerprint density at radius 3 is 2.58 bits per heavy atom. The summed E-state index contributed by atoms with van der Waals surface area (Å²) in [4.78, 5) is 27.1. The summed E-state index contributed by atoms with van der Waals surface area (Å²) >= 11 is 7.66. The molecule has 1 fully saturated rings. The van der Waals surface area contributed by atoms with Gasteiger partial charge in [0, 0.05) is 16.3 Å². The lowest BCUT2D eigenvalue weighted by Gasteiger charge is -2.28. The van der Waals surface area contributed by atoms with E-state index in [-0.39, 0.29) is 11.3 Å². The molecule has 4 nitrogen and oxygen atoms in total. The number of nitrogens with zero attached hydrogens (tertiary/aromatic N) is 1. The maximum absolute atomic E-state index is 13.2. The molecule has 1 amide bonds. The van der Waals surface area contributed by atoms with Gasteiger partial charge in [0.1, 0.15) is 11.4 Å². The summed E-state index contributed by atoms with van der Waals surface area (Å²) in [7, 11) is 1.35. The van der Waals surface area contributed by atoms with E-state index in [4.69, 9.17) is 16.3 Å². The van der Waals surface area contributed by atoms with Crippen LogP contribution in [0.25, 0.3) is 0 Å². The van der Waals surface area contributed by atoms with Crippen LogP contribution in [-0.2, 0) is 16.0 Å². The summed E-state index contributed by atoms with van der Waals surface area (Å²) in [6.45, 7) is 2.07. The van der Waals surface area contributed by atoms with E-state index >= 15 is 0 Å². The Morgan fingerprint density at radius 2 is 1.96 bits per heavy atom. The summed E-state index contributed by atoms with van der Waals surface area (Å²) in [6.07, 6.45) is 0.907. The van der Waals surface area contributed by atoms with Crippen molar-refractivity contribution in [2.75, 3.05) is 12.9 Å². The van der Waals surface area contributed by atoms with Gasteiger partial charge in [0.25, 0.3) is 5.91 Å². The molecule has 0 aliphatic carbocycles. The molecule has 2 unspecified atom stereocenters. The Kier molecular flexibility index (Phi) is 5.89. The second-order valence-corrected chi connectivity index (χ2v) is 7.59. The van der Waals surface area contributed by atoms with Crippen LogP contribution in [0.5, 0.6) is 0 Å². The predicted octanol–water partition coefficient (Wildman–Crippen LogP) is 4.33. The summed E-state index contributed by atoms with van der Waals surface area (Å²) in [5.41, 5.74) is 2.62. The van der Waals surface area contributed by atoms with Gasteiger partial charge >= 0.3 is 5.97 Å². The lowest BCUT2D eigenvalue weighted by atomic mass is 10.1. The van der Waals surface area contributed by atoms with Crippen molar-refractivity contribution in [3.05, 3.63) is 70.2 Å². The highest BCUT2D eigenvalue weighted by molar-refractivity contribution is 7.99. The quantitative estimate of drug-likeness (QED) is 0.730. The maximum Gasteiger partial charge on any atom is 0.329 e. The first-order valence-corrected chi connectivity index (χ1v) is 9.84. The molecular weight excluding hydrogens is 370 g/mol. The second-order valence-electron chi connectivity index (χ2n) is 6.04. The topological polar surface area (TPSA) is 46.6 Å². The predicted molar refractivity (Wildman–Crippen MR) is 104 cm³/mol. The van der Waals surface area contributed by atoms with E-state index in [1.807, 2.05) is 42.5 Å². The Labute approximate surface area is 162 Å². The molecule has 1 aliphatic heterocycles. The summed E-state index contributed by atoms with van der Waals surface area (Å²) in [5, 5.41) is 0.320. The molecule has 2 aromatic rings. The molecule has 1 saturated heterocycles. The van der Waals surface area contributed by atoms with Crippen LogP contribution in [0.4, 0.5) is 0 Å². The summed E-state index contributed by atoms with van der Waals surface area (Å²) in [6, 6.07) is 14.3. The van der Waals surface area contributed by atoms with Crippen LogP contribution >= 0.6 is 23.4 Å². The number of hydrogen-bond donors (Lipinski definition) is 0. The highest BCUT2D eigenvalue weighted by Crippen LogP contribution is 2.43. The summed E-state index contributed by atoms with van der Waals surface area (Å²) < 4.78 is 4.92. The minimum atomic E-state index is -0.618. The molecule has 1 aliphatic rings. The number of esters is 1. The number of rotatable bonds is 4. The number of aryl methyl sites for hydroxylation is 1. The maximum atomic E-state index is 13.2. The smallest absolute Gasteiger partial charge is 0.329 e. The van der Waals surface area contributed by atoms with Gasteiger partial charge in [-0.25, -0.2) is 4.79 Å². The number of methoxy groups -OCH3 is 1. The Morgan fingerprint density at radius 1 is 1.23 bits per heavy atom. The number of ether oxygens (including phenoxy) is 1. The summed E-state index contributed by atoms with van der Waals surface area (Å²) in [5.74, 6) is -0.0959. The van der Waals surface area contributed by atoms with Crippen LogP contribution < -0.4 is 0 Å². The third kappa shape index (κ3) is 3.74. The van der Waals surface area contributed by atoms with Gasteiger partial charge in [0.15, 0.2) is 0 Å². The van der Waals surface area contributed by atoms with Crippen molar-refractivity contribution < 1.29 is 14.3 Å². The third-order valence-corrected chi connectivity index (χ3v) is 6.01. The molecule has 0 saturated carbocycles. The molecular formula is C20H20ClNO3S. The largest absolute Gasteiger partial charge is 0.467 e. The van der Waals surface area contributed by atoms with Crippen LogP contribution in [0, 0.1) is 0 Å². The molecule has 0 bridgehead atoms. The van der Waals surface area contributed by atoms with E-state index in [0.717, 1.165) is 17.5 Å². The van der Waals surface area contributed by atoms with E-state index in [2.05, 4.69) is 6.92 Å². The van der Waals surface area contributed by atoms with Crippen LogP contribution in [0.1, 0.15) is 33.8 Å². The molecule has 3 rings (SSSR count). The third-order valence-electron chi connectivity index (χ3n) is 4.45. The fourth-order valence-electron chi connectivity index (χ4n) is 3.02. The molecule has 1 heterocycles. The van der Waals surface area contributed by atoms with E-state index < -0.39 is 12.0 Å². The average Bonchev–Trinajstić information content (AvgIpc) is 3.12. The first-order valence-electron chi connectivity index (χ1n) is 8.41. The van der Waals surface area contributed by atoms with Crippen LogP contribution in [0.3, 0.4) is 0 Å². The zero-order valence-corrected chi connectivity index (χ0v) is 16.2. The average molecular weight is 390 g/mol. The first kappa shape index (κ1) is 18.8. The molecule has 6 heteroatoms. The second kappa shape index (κ2) is 8.14. The first-order chi connectivity index (χ1) is 12.5. The van der Waals surface area contributed by atoms with Crippen molar-refractivity contribution in [3.8, 4) is 0 Å². The minimum absolute atomic E-state index is 0.182. The SMILES string of the molecule is CCc1ccc(C(=O)N2C(C(=O)OC)CSC2c2cccc(Cl)c2)cc1. The lowest BCUT2D eigenvalue weighted by Crippen LogP contribution is -2.43. The van der Waals surface area contributed by atoms with Gasteiger partial charge in [-0.3, -0.25) is 4.79 Å².